The van der Waals surface area contributed by atoms with Crippen molar-refractivity contribution >= 4 is 17.5 Å². The third-order valence-corrected chi connectivity index (χ3v) is 4.01. The van der Waals surface area contributed by atoms with Gasteiger partial charge >= 0.3 is 0 Å². The fourth-order valence-corrected chi connectivity index (χ4v) is 2.74. The van der Waals surface area contributed by atoms with Gasteiger partial charge in [-0.15, -0.1) is 0 Å². The summed E-state index contributed by atoms with van der Waals surface area (Å²) in [7, 11) is 0. The van der Waals surface area contributed by atoms with Gasteiger partial charge < -0.3 is 10.1 Å². The Morgan fingerprint density at radius 2 is 2.20 bits per heavy atom. The molecule has 0 heterocycles. The molecule has 110 valence electrons. The number of hydrogen-bond donors (Lipinski definition) is 1. The summed E-state index contributed by atoms with van der Waals surface area (Å²) in [5.41, 5.74) is 0. The van der Waals surface area contributed by atoms with Crippen molar-refractivity contribution in [2.45, 2.75) is 38.6 Å². The number of carbonyl (C=O) groups is 1. The molecule has 0 unspecified atom stereocenters. The largest absolute Gasteiger partial charge is 0.482 e. The summed E-state index contributed by atoms with van der Waals surface area (Å²) in [5.74, 6) is 0.231. The third-order valence-electron chi connectivity index (χ3n) is 3.71. The Bertz CT molecular complexity index is 481. The van der Waals surface area contributed by atoms with Crippen LogP contribution in [0, 0.1) is 11.7 Å². The van der Waals surface area contributed by atoms with E-state index in [9.17, 15) is 9.18 Å². The lowest BCUT2D eigenvalue weighted by molar-refractivity contribution is -0.124. The van der Waals surface area contributed by atoms with Crippen molar-refractivity contribution in [3.05, 3.63) is 29.0 Å². The Hall–Kier alpha value is -1.29. The number of carbonyl (C=O) groups excluding carboxylic acids is 1. The maximum Gasteiger partial charge on any atom is 0.258 e. The summed E-state index contributed by atoms with van der Waals surface area (Å²) in [5, 5.41) is 3.16. The molecule has 1 aliphatic carbocycles. The van der Waals surface area contributed by atoms with Crippen LogP contribution in [0.4, 0.5) is 4.39 Å². The molecular formula is C15H19ClFNO2. The van der Waals surface area contributed by atoms with Crippen LogP contribution < -0.4 is 10.1 Å². The molecule has 2 rings (SSSR count). The molecule has 1 aromatic carbocycles. The summed E-state index contributed by atoms with van der Waals surface area (Å²) in [6.07, 6.45) is 4.55. The van der Waals surface area contributed by atoms with Crippen LogP contribution in [0.25, 0.3) is 0 Å². The molecule has 1 fully saturated rings. The molecule has 0 aromatic heterocycles. The summed E-state index contributed by atoms with van der Waals surface area (Å²) in [4.78, 5) is 11.9. The minimum atomic E-state index is -0.428. The van der Waals surface area contributed by atoms with E-state index in [2.05, 4.69) is 12.2 Å². The van der Waals surface area contributed by atoms with Gasteiger partial charge in [-0.2, -0.15) is 0 Å². The Balaban J connectivity index is 1.82. The van der Waals surface area contributed by atoms with E-state index in [4.69, 9.17) is 16.3 Å². The van der Waals surface area contributed by atoms with Crippen LogP contribution in [-0.2, 0) is 4.79 Å². The van der Waals surface area contributed by atoms with E-state index in [1.54, 1.807) is 0 Å². The van der Waals surface area contributed by atoms with Crippen molar-refractivity contribution in [2.75, 3.05) is 6.61 Å². The first-order chi connectivity index (χ1) is 9.56. The smallest absolute Gasteiger partial charge is 0.258 e. The second kappa shape index (κ2) is 6.93. The lowest BCUT2D eigenvalue weighted by atomic mass is 9.86. The Kier molecular flexibility index (Phi) is 5.24. The average Bonchev–Trinajstić information content (AvgIpc) is 2.40. The molecule has 0 saturated heterocycles. The van der Waals surface area contributed by atoms with Crippen molar-refractivity contribution in [1.29, 1.82) is 0 Å². The van der Waals surface area contributed by atoms with E-state index in [1.165, 1.54) is 18.6 Å². The van der Waals surface area contributed by atoms with E-state index < -0.39 is 5.82 Å². The average molecular weight is 300 g/mol. The van der Waals surface area contributed by atoms with E-state index >= 15 is 0 Å². The molecular weight excluding hydrogens is 281 g/mol. The molecule has 3 nitrogen and oxygen atoms in total. The molecule has 1 saturated carbocycles. The highest BCUT2D eigenvalue weighted by atomic mass is 35.5. The number of amides is 1. The number of halogens is 2. The van der Waals surface area contributed by atoms with Crippen molar-refractivity contribution in [1.82, 2.24) is 5.32 Å². The summed E-state index contributed by atoms with van der Waals surface area (Å²) in [6, 6.07) is 4.07. The zero-order valence-electron chi connectivity index (χ0n) is 11.5. The van der Waals surface area contributed by atoms with Gasteiger partial charge in [0.15, 0.2) is 6.61 Å². The van der Waals surface area contributed by atoms with E-state index in [1.807, 2.05) is 0 Å². The molecule has 0 radical (unpaired) electrons. The molecule has 0 aliphatic heterocycles. The van der Waals surface area contributed by atoms with E-state index in [0.717, 1.165) is 25.3 Å². The third kappa shape index (κ3) is 4.10. The molecule has 20 heavy (non-hydrogen) atoms. The Morgan fingerprint density at radius 1 is 1.45 bits per heavy atom. The van der Waals surface area contributed by atoms with Gasteiger partial charge in [0.05, 0.1) is 5.02 Å². The summed E-state index contributed by atoms with van der Waals surface area (Å²) < 4.78 is 18.2. The van der Waals surface area contributed by atoms with Gasteiger partial charge in [-0.05, 0) is 37.0 Å². The number of rotatable bonds is 4. The molecule has 1 aromatic rings. The molecule has 1 amide bonds. The Morgan fingerprint density at radius 3 is 2.90 bits per heavy atom. The first kappa shape index (κ1) is 15.1. The van der Waals surface area contributed by atoms with Crippen LogP contribution in [0.3, 0.4) is 0 Å². The van der Waals surface area contributed by atoms with Crippen LogP contribution in [0.1, 0.15) is 32.6 Å². The fraction of sp³-hybridized carbons (Fsp3) is 0.533. The Labute approximate surface area is 123 Å². The lowest BCUT2D eigenvalue weighted by Crippen LogP contribution is -2.43. The molecule has 1 aliphatic rings. The molecule has 0 bridgehead atoms. The predicted octanol–water partition coefficient (Wildman–Crippen LogP) is 3.55. The van der Waals surface area contributed by atoms with Crippen molar-refractivity contribution in [3.8, 4) is 5.75 Å². The number of nitrogens with one attached hydrogen (secondary N) is 1. The highest BCUT2D eigenvalue weighted by Gasteiger charge is 2.22. The summed E-state index contributed by atoms with van der Waals surface area (Å²) >= 11 is 5.83. The van der Waals surface area contributed by atoms with Crippen molar-refractivity contribution in [2.24, 2.45) is 5.92 Å². The fourth-order valence-electron chi connectivity index (χ4n) is 2.51. The predicted molar refractivity (Wildman–Crippen MR) is 76.5 cm³/mol. The molecule has 0 spiro atoms. The van der Waals surface area contributed by atoms with Gasteiger partial charge in [0.25, 0.3) is 5.91 Å². The van der Waals surface area contributed by atoms with Crippen LogP contribution in [0.5, 0.6) is 5.75 Å². The summed E-state index contributed by atoms with van der Waals surface area (Å²) in [6.45, 7) is 2.05. The number of benzene rings is 1. The number of ether oxygens (including phenoxy) is 1. The quantitative estimate of drug-likeness (QED) is 0.923. The van der Waals surface area contributed by atoms with Gasteiger partial charge in [-0.25, -0.2) is 4.39 Å². The van der Waals surface area contributed by atoms with Crippen LogP contribution in [0.2, 0.25) is 5.02 Å². The molecule has 2 atom stereocenters. The van der Waals surface area contributed by atoms with Gasteiger partial charge in [0.1, 0.15) is 11.6 Å². The first-order valence-corrected chi connectivity index (χ1v) is 7.31. The molecule has 1 N–H and O–H groups in total. The van der Waals surface area contributed by atoms with E-state index in [-0.39, 0.29) is 23.6 Å². The van der Waals surface area contributed by atoms with E-state index in [0.29, 0.717) is 11.7 Å². The van der Waals surface area contributed by atoms with Gasteiger partial charge in [0, 0.05) is 6.04 Å². The number of hydrogen-bond acceptors (Lipinski definition) is 2. The van der Waals surface area contributed by atoms with Crippen LogP contribution in [0.15, 0.2) is 18.2 Å². The van der Waals surface area contributed by atoms with Crippen LogP contribution >= 0.6 is 11.6 Å². The zero-order chi connectivity index (χ0) is 14.5. The molecule has 5 heteroatoms. The van der Waals surface area contributed by atoms with Gasteiger partial charge in [0.2, 0.25) is 0 Å². The second-order valence-electron chi connectivity index (χ2n) is 5.30. The highest BCUT2D eigenvalue weighted by molar-refractivity contribution is 6.32. The van der Waals surface area contributed by atoms with Gasteiger partial charge in [-0.3, -0.25) is 4.79 Å². The SMILES string of the molecule is C[C@H]1CCCC[C@@H]1NC(=O)COc1ccc(F)cc1Cl. The minimum absolute atomic E-state index is 0.103. The van der Waals surface area contributed by atoms with Gasteiger partial charge in [-0.1, -0.05) is 31.4 Å². The lowest BCUT2D eigenvalue weighted by Gasteiger charge is -2.29. The topological polar surface area (TPSA) is 38.3 Å². The first-order valence-electron chi connectivity index (χ1n) is 6.93. The standard InChI is InChI=1S/C15H19ClFNO2/c1-10-4-2-3-5-13(10)18-15(19)9-20-14-7-6-11(17)8-12(14)16/h6-8,10,13H,2-5,9H2,1H3,(H,18,19)/t10-,13-/m0/s1. The monoisotopic (exact) mass is 299 g/mol. The maximum absolute atomic E-state index is 12.9. The van der Waals surface area contributed by atoms with Crippen molar-refractivity contribution < 1.29 is 13.9 Å². The van der Waals surface area contributed by atoms with Crippen LogP contribution in [-0.4, -0.2) is 18.6 Å². The maximum atomic E-state index is 12.9. The second-order valence-corrected chi connectivity index (χ2v) is 5.71. The minimum Gasteiger partial charge on any atom is -0.482 e. The zero-order valence-corrected chi connectivity index (χ0v) is 12.3. The normalized spacial score (nSPS) is 22.4. The highest BCUT2D eigenvalue weighted by Crippen LogP contribution is 2.25. The van der Waals surface area contributed by atoms with Crippen molar-refractivity contribution in [3.63, 3.8) is 0 Å².